The molecule has 0 fully saturated rings. The molecule has 1 aromatic heterocycles. The minimum absolute atomic E-state index is 0.243. The summed E-state index contributed by atoms with van der Waals surface area (Å²) in [5, 5.41) is 13.1. The molecule has 1 atom stereocenters. The van der Waals surface area contributed by atoms with Gasteiger partial charge in [-0.2, -0.15) is 0 Å². The molecule has 120 valence electrons. The topological polar surface area (TPSA) is 112 Å². The van der Waals surface area contributed by atoms with Gasteiger partial charge in [0.1, 0.15) is 4.92 Å². The summed E-state index contributed by atoms with van der Waals surface area (Å²) in [5.74, 6) is -2.34. The van der Waals surface area contributed by atoms with Gasteiger partial charge in [-0.15, -0.1) is 0 Å². The van der Waals surface area contributed by atoms with Gasteiger partial charge in [0.2, 0.25) is 5.76 Å². The first-order chi connectivity index (χ1) is 11.0. The number of amides is 1. The third-order valence-electron chi connectivity index (χ3n) is 2.98. The third-order valence-corrected chi connectivity index (χ3v) is 2.98. The second-order valence-electron chi connectivity index (χ2n) is 4.67. The van der Waals surface area contributed by atoms with Crippen LogP contribution in [0.3, 0.4) is 0 Å². The fourth-order valence-electron chi connectivity index (χ4n) is 1.85. The maximum atomic E-state index is 11.7. The van der Waals surface area contributed by atoms with Crippen LogP contribution in [0.25, 0.3) is 0 Å². The average molecular weight is 318 g/mol. The van der Waals surface area contributed by atoms with Crippen LogP contribution in [0.2, 0.25) is 0 Å². The van der Waals surface area contributed by atoms with Crippen molar-refractivity contribution < 1.29 is 23.7 Å². The Morgan fingerprint density at radius 3 is 2.57 bits per heavy atom. The number of carbonyl (C=O) groups excluding carboxylic acids is 2. The van der Waals surface area contributed by atoms with Crippen LogP contribution in [-0.4, -0.2) is 23.4 Å². The lowest BCUT2D eigenvalue weighted by atomic mass is 10.1. The molecule has 0 bridgehead atoms. The Morgan fingerprint density at radius 1 is 1.26 bits per heavy atom. The second kappa shape index (κ2) is 7.21. The molecule has 0 saturated heterocycles. The van der Waals surface area contributed by atoms with Crippen molar-refractivity contribution >= 4 is 17.8 Å². The maximum Gasteiger partial charge on any atom is 0.433 e. The fraction of sp³-hybridized carbons (Fsp3) is 0.200. The van der Waals surface area contributed by atoms with Crippen LogP contribution in [0.4, 0.5) is 5.88 Å². The van der Waals surface area contributed by atoms with Crippen molar-refractivity contribution in [2.75, 3.05) is 6.61 Å². The highest BCUT2D eigenvalue weighted by molar-refractivity contribution is 5.89. The molecule has 0 spiro atoms. The summed E-state index contributed by atoms with van der Waals surface area (Å²) in [4.78, 5) is 33.1. The first-order valence-corrected chi connectivity index (χ1v) is 6.73. The van der Waals surface area contributed by atoms with Crippen LogP contribution in [-0.2, 0) is 9.53 Å². The lowest BCUT2D eigenvalue weighted by molar-refractivity contribution is -0.402. The van der Waals surface area contributed by atoms with E-state index in [4.69, 9.17) is 4.74 Å². The van der Waals surface area contributed by atoms with E-state index >= 15 is 0 Å². The van der Waals surface area contributed by atoms with Crippen molar-refractivity contribution in [2.24, 2.45) is 0 Å². The zero-order valence-corrected chi connectivity index (χ0v) is 12.2. The number of nitro groups is 1. The van der Waals surface area contributed by atoms with E-state index in [0.717, 1.165) is 17.7 Å². The van der Waals surface area contributed by atoms with E-state index in [9.17, 15) is 19.7 Å². The normalized spacial score (nSPS) is 11.5. The quantitative estimate of drug-likeness (QED) is 0.496. The zero-order chi connectivity index (χ0) is 16.8. The molecule has 8 nitrogen and oxygen atoms in total. The lowest BCUT2D eigenvalue weighted by Crippen LogP contribution is -2.31. The summed E-state index contributed by atoms with van der Waals surface area (Å²) < 4.78 is 9.44. The van der Waals surface area contributed by atoms with Gasteiger partial charge in [-0.1, -0.05) is 30.3 Å². The number of ether oxygens (including phenoxy) is 1. The second-order valence-corrected chi connectivity index (χ2v) is 4.67. The fourth-order valence-corrected chi connectivity index (χ4v) is 1.85. The molecule has 1 aromatic carbocycles. The number of hydrogen-bond acceptors (Lipinski definition) is 6. The van der Waals surface area contributed by atoms with Gasteiger partial charge >= 0.3 is 11.9 Å². The van der Waals surface area contributed by atoms with Gasteiger partial charge in [-0.25, -0.2) is 4.79 Å². The Balaban J connectivity index is 1.84. The van der Waals surface area contributed by atoms with Gasteiger partial charge in [0.05, 0.1) is 12.1 Å². The Bertz CT molecular complexity index is 710. The molecule has 0 aliphatic heterocycles. The molecule has 8 heteroatoms. The van der Waals surface area contributed by atoms with E-state index in [0.29, 0.717) is 0 Å². The molecule has 23 heavy (non-hydrogen) atoms. The van der Waals surface area contributed by atoms with E-state index < -0.39 is 29.3 Å². The van der Waals surface area contributed by atoms with Crippen LogP contribution >= 0.6 is 0 Å². The van der Waals surface area contributed by atoms with Crippen molar-refractivity contribution in [1.82, 2.24) is 5.32 Å². The third kappa shape index (κ3) is 4.40. The predicted octanol–water partition coefficient (Wildman–Crippen LogP) is 2.22. The van der Waals surface area contributed by atoms with Gasteiger partial charge in [-0.3, -0.25) is 14.9 Å². The van der Waals surface area contributed by atoms with Crippen molar-refractivity contribution in [3.05, 3.63) is 63.9 Å². The zero-order valence-electron chi connectivity index (χ0n) is 12.2. The first-order valence-electron chi connectivity index (χ1n) is 6.73. The molecule has 2 aromatic rings. The largest absolute Gasteiger partial charge is 0.450 e. The average Bonchev–Trinajstić information content (AvgIpc) is 3.03. The van der Waals surface area contributed by atoms with E-state index in [1.807, 2.05) is 30.3 Å². The van der Waals surface area contributed by atoms with E-state index in [1.54, 1.807) is 6.92 Å². The number of carbonyl (C=O) groups is 2. The standard InChI is InChI=1S/C15H14N2O6/c1-10(11-5-3-2-4-6-11)16-13(18)9-22-15(19)12-7-8-14(23-12)17(20)21/h2-8,10H,9H2,1H3,(H,16,18)/t10-/m0/s1. The van der Waals surface area contributed by atoms with E-state index in [-0.39, 0.29) is 11.8 Å². The SMILES string of the molecule is C[C@H](NC(=O)COC(=O)c1ccc([N+](=O)[O-])o1)c1ccccc1. The van der Waals surface area contributed by atoms with Crippen LogP contribution in [0.15, 0.2) is 46.9 Å². The van der Waals surface area contributed by atoms with Crippen molar-refractivity contribution in [3.8, 4) is 0 Å². The van der Waals surface area contributed by atoms with Gasteiger partial charge in [0.25, 0.3) is 5.91 Å². The van der Waals surface area contributed by atoms with Gasteiger partial charge in [-0.05, 0) is 18.6 Å². The molecule has 0 saturated carbocycles. The summed E-state index contributed by atoms with van der Waals surface area (Å²) in [5.41, 5.74) is 0.911. The van der Waals surface area contributed by atoms with E-state index in [2.05, 4.69) is 9.73 Å². The van der Waals surface area contributed by atoms with Crippen LogP contribution in [0.5, 0.6) is 0 Å². The smallest absolute Gasteiger partial charge is 0.433 e. The number of benzene rings is 1. The number of nitrogens with zero attached hydrogens (tertiary/aromatic N) is 1. The predicted molar refractivity (Wildman–Crippen MR) is 78.6 cm³/mol. The number of nitrogens with one attached hydrogen (secondary N) is 1. The minimum atomic E-state index is -0.944. The highest BCUT2D eigenvalue weighted by atomic mass is 16.7. The molecule has 2 rings (SSSR count). The molecular weight excluding hydrogens is 304 g/mol. The molecular formula is C15H14N2O6. The monoisotopic (exact) mass is 318 g/mol. The number of furan rings is 1. The first kappa shape index (κ1) is 16.2. The number of esters is 1. The molecule has 1 amide bonds. The molecule has 0 unspecified atom stereocenters. The molecule has 0 aliphatic carbocycles. The Labute approximate surface area is 131 Å². The summed E-state index contributed by atoms with van der Waals surface area (Å²) >= 11 is 0. The molecule has 0 radical (unpaired) electrons. The highest BCUT2D eigenvalue weighted by Gasteiger charge is 2.19. The van der Waals surface area contributed by atoms with Crippen LogP contribution in [0.1, 0.15) is 29.1 Å². The minimum Gasteiger partial charge on any atom is -0.450 e. The Morgan fingerprint density at radius 2 is 1.96 bits per heavy atom. The van der Waals surface area contributed by atoms with Crippen molar-refractivity contribution in [1.29, 1.82) is 0 Å². The van der Waals surface area contributed by atoms with Crippen molar-refractivity contribution in [3.63, 3.8) is 0 Å². The molecule has 1 heterocycles. The van der Waals surface area contributed by atoms with Crippen LogP contribution in [0, 0.1) is 10.1 Å². The molecule has 1 N–H and O–H groups in total. The maximum absolute atomic E-state index is 11.7. The Kier molecular flexibility index (Phi) is 5.08. The summed E-state index contributed by atoms with van der Waals surface area (Å²) in [7, 11) is 0. The molecule has 0 aliphatic rings. The van der Waals surface area contributed by atoms with Gasteiger partial charge < -0.3 is 14.5 Å². The van der Waals surface area contributed by atoms with Crippen LogP contribution < -0.4 is 5.32 Å². The highest BCUT2D eigenvalue weighted by Crippen LogP contribution is 2.16. The van der Waals surface area contributed by atoms with Gasteiger partial charge in [0, 0.05) is 0 Å². The summed E-state index contributed by atoms with van der Waals surface area (Å²) in [6.45, 7) is 1.29. The Hall–Kier alpha value is -3.16. The lowest BCUT2D eigenvalue weighted by Gasteiger charge is -2.14. The van der Waals surface area contributed by atoms with Crippen molar-refractivity contribution in [2.45, 2.75) is 13.0 Å². The summed E-state index contributed by atoms with van der Waals surface area (Å²) in [6, 6.07) is 11.2. The number of rotatable bonds is 6. The number of hydrogen-bond donors (Lipinski definition) is 1. The summed E-state index contributed by atoms with van der Waals surface area (Å²) in [6.07, 6.45) is 0. The van der Waals surface area contributed by atoms with E-state index in [1.165, 1.54) is 0 Å². The van der Waals surface area contributed by atoms with Gasteiger partial charge in [0.15, 0.2) is 6.61 Å².